The number of halogens is 2. The number of aromatic nitrogens is 4. The van der Waals surface area contributed by atoms with Gasteiger partial charge in [-0.15, -0.1) is 0 Å². The molecule has 3 heterocycles. The van der Waals surface area contributed by atoms with Gasteiger partial charge in [0, 0.05) is 17.0 Å². The average Bonchev–Trinajstić information content (AvgIpc) is 3.42. The summed E-state index contributed by atoms with van der Waals surface area (Å²) in [4.78, 5) is 32.4. The van der Waals surface area contributed by atoms with Crippen LogP contribution in [0.2, 0.25) is 0 Å². The van der Waals surface area contributed by atoms with E-state index in [1.54, 1.807) is 6.07 Å². The highest BCUT2D eigenvalue weighted by atomic mass is 32.2. The molecule has 11 heteroatoms. The number of benzene rings is 2. The van der Waals surface area contributed by atoms with Gasteiger partial charge >= 0.3 is 0 Å². The zero-order valence-corrected chi connectivity index (χ0v) is 18.8. The van der Waals surface area contributed by atoms with E-state index in [0.29, 0.717) is 23.5 Å². The molecule has 1 saturated heterocycles. The van der Waals surface area contributed by atoms with Crippen molar-refractivity contribution in [2.75, 3.05) is 6.54 Å². The summed E-state index contributed by atoms with van der Waals surface area (Å²) in [6.45, 7) is -0.972. The van der Waals surface area contributed by atoms with Gasteiger partial charge in [0.1, 0.15) is 17.2 Å². The van der Waals surface area contributed by atoms with Crippen molar-refractivity contribution in [3.8, 4) is 0 Å². The fourth-order valence-corrected chi connectivity index (χ4v) is 4.66. The summed E-state index contributed by atoms with van der Waals surface area (Å²) in [7, 11) is 0. The molecule has 8 nitrogen and oxygen atoms in total. The number of thioether (sulfide) groups is 1. The second-order valence-electron chi connectivity index (χ2n) is 7.91. The summed E-state index contributed by atoms with van der Waals surface area (Å²) < 4.78 is 28.2. The van der Waals surface area contributed by atoms with Crippen LogP contribution < -0.4 is 0 Å². The van der Waals surface area contributed by atoms with Crippen molar-refractivity contribution in [3.05, 3.63) is 94.8 Å². The second-order valence-corrected chi connectivity index (χ2v) is 8.91. The van der Waals surface area contributed by atoms with E-state index in [-0.39, 0.29) is 17.0 Å². The molecule has 5 rings (SSSR count). The predicted octanol–water partition coefficient (Wildman–Crippen LogP) is 3.73. The largest absolute Gasteiger partial charge is 0.381 e. The van der Waals surface area contributed by atoms with Crippen molar-refractivity contribution < 1.29 is 23.5 Å². The molecule has 0 radical (unpaired) electrons. The molecule has 1 aliphatic heterocycles. The zero-order valence-electron chi connectivity index (χ0n) is 18.0. The van der Waals surface area contributed by atoms with Crippen LogP contribution in [-0.2, 0) is 16.9 Å². The highest BCUT2D eigenvalue weighted by Gasteiger charge is 2.43. The molecule has 35 heavy (non-hydrogen) atoms. The number of aliphatic hydroxyl groups is 1. The van der Waals surface area contributed by atoms with Gasteiger partial charge in [0.05, 0.1) is 41.6 Å². The van der Waals surface area contributed by atoms with Crippen LogP contribution in [0.3, 0.4) is 0 Å². The van der Waals surface area contributed by atoms with Crippen LogP contribution in [0, 0.1) is 11.6 Å². The Balaban J connectivity index is 1.46. The number of para-hydroxylation sites is 1. The number of carbonyl (C=O) groups is 2. The second kappa shape index (κ2) is 9.01. The van der Waals surface area contributed by atoms with Gasteiger partial charge < -0.3 is 5.11 Å². The third-order valence-corrected chi connectivity index (χ3v) is 6.40. The van der Waals surface area contributed by atoms with Gasteiger partial charge in [-0.2, -0.15) is 15.0 Å². The summed E-state index contributed by atoms with van der Waals surface area (Å²) >= 11 is 0.688. The number of amides is 2. The highest BCUT2D eigenvalue weighted by molar-refractivity contribution is 8.18. The van der Waals surface area contributed by atoms with E-state index < -0.39 is 34.9 Å². The Morgan fingerprint density at radius 2 is 1.77 bits per heavy atom. The summed E-state index contributed by atoms with van der Waals surface area (Å²) in [6.07, 6.45) is 4.21. The van der Waals surface area contributed by atoms with E-state index in [2.05, 4.69) is 15.2 Å². The molecule has 1 aliphatic rings. The number of hydrogen-bond donors (Lipinski definition) is 1. The van der Waals surface area contributed by atoms with Crippen molar-refractivity contribution in [1.29, 1.82) is 0 Å². The van der Waals surface area contributed by atoms with Gasteiger partial charge in [0.25, 0.3) is 11.1 Å². The van der Waals surface area contributed by atoms with Crippen LogP contribution in [0.1, 0.15) is 11.3 Å². The van der Waals surface area contributed by atoms with Crippen LogP contribution in [0.4, 0.5) is 13.6 Å². The lowest BCUT2D eigenvalue weighted by molar-refractivity contribution is -0.126. The Labute approximate surface area is 201 Å². The Bertz CT molecular complexity index is 1480. The molecule has 176 valence electrons. The highest BCUT2D eigenvalue weighted by Crippen LogP contribution is 2.36. The lowest BCUT2D eigenvalue weighted by atomic mass is 9.92. The maximum absolute atomic E-state index is 14.7. The number of β-amino-alcohol motifs (C(OH)–C–C–N with tert-alkyl or cyclic N) is 1. The number of pyridine rings is 1. The molecule has 0 saturated carbocycles. The molecule has 1 unspecified atom stereocenters. The fraction of sp³-hybridized carbons (Fsp3) is 0.125. The lowest BCUT2D eigenvalue weighted by Crippen LogP contribution is -2.46. The lowest BCUT2D eigenvalue weighted by Gasteiger charge is -2.31. The Morgan fingerprint density at radius 3 is 2.54 bits per heavy atom. The van der Waals surface area contributed by atoms with E-state index in [9.17, 15) is 23.5 Å². The normalized spacial score (nSPS) is 16.9. The fourth-order valence-electron chi connectivity index (χ4n) is 3.84. The number of fused-ring (bicyclic) bond motifs is 1. The summed E-state index contributed by atoms with van der Waals surface area (Å²) in [5.41, 5.74) is -1.21. The van der Waals surface area contributed by atoms with Crippen LogP contribution in [0.5, 0.6) is 0 Å². The first-order valence-electron chi connectivity index (χ1n) is 10.5. The summed E-state index contributed by atoms with van der Waals surface area (Å²) in [5, 5.41) is 19.6. The number of hydrogen-bond acceptors (Lipinski definition) is 7. The van der Waals surface area contributed by atoms with Gasteiger partial charge in [-0.25, -0.2) is 13.8 Å². The minimum Gasteiger partial charge on any atom is -0.381 e. The topological polar surface area (TPSA) is 101 Å². The Hall–Kier alpha value is -3.96. The van der Waals surface area contributed by atoms with Crippen molar-refractivity contribution >= 4 is 39.9 Å². The number of imide groups is 1. The maximum Gasteiger partial charge on any atom is 0.293 e. The van der Waals surface area contributed by atoms with Crippen molar-refractivity contribution in [3.63, 3.8) is 0 Å². The molecule has 1 N–H and O–H groups in total. The van der Waals surface area contributed by atoms with E-state index in [0.717, 1.165) is 32.7 Å². The minimum absolute atomic E-state index is 0.108. The maximum atomic E-state index is 14.7. The Kier molecular flexibility index (Phi) is 5.87. The van der Waals surface area contributed by atoms with E-state index in [1.165, 1.54) is 18.5 Å². The number of rotatable bonds is 6. The van der Waals surface area contributed by atoms with Crippen LogP contribution in [-0.4, -0.2) is 47.7 Å². The van der Waals surface area contributed by atoms with Crippen LogP contribution in [0.15, 0.2) is 71.9 Å². The standard InChI is InChI=1S/C24H17F2N5O3S/c25-16-6-8-18(19(26)11-16)24(34,14-31-27-9-10-28-31)13-30-22(32)21(35-23(30)33)12-17-7-5-15-3-1-2-4-20(15)29-17/h1-12,34H,13-14H2/b21-12-. The van der Waals surface area contributed by atoms with Gasteiger partial charge in [0.2, 0.25) is 0 Å². The smallest absolute Gasteiger partial charge is 0.293 e. The molecular formula is C24H17F2N5O3S. The molecule has 4 aromatic rings. The first kappa shape index (κ1) is 22.8. The third-order valence-electron chi connectivity index (χ3n) is 5.49. The van der Waals surface area contributed by atoms with Crippen LogP contribution in [0.25, 0.3) is 17.0 Å². The molecule has 2 amide bonds. The van der Waals surface area contributed by atoms with Gasteiger partial charge in [-0.3, -0.25) is 14.5 Å². The van der Waals surface area contributed by atoms with Gasteiger partial charge in [-0.05, 0) is 36.0 Å². The first-order valence-corrected chi connectivity index (χ1v) is 11.3. The van der Waals surface area contributed by atoms with Crippen molar-refractivity contribution in [1.82, 2.24) is 24.9 Å². The molecule has 1 fully saturated rings. The molecule has 2 aromatic heterocycles. The van der Waals surface area contributed by atoms with Gasteiger partial charge in [0.15, 0.2) is 0 Å². The quantitative estimate of drug-likeness (QED) is 0.409. The van der Waals surface area contributed by atoms with E-state index >= 15 is 0 Å². The molecular weight excluding hydrogens is 476 g/mol. The summed E-state index contributed by atoms with van der Waals surface area (Å²) in [5.74, 6) is -2.52. The Morgan fingerprint density at radius 1 is 1.00 bits per heavy atom. The molecule has 0 spiro atoms. The monoisotopic (exact) mass is 493 g/mol. The molecule has 0 bridgehead atoms. The van der Waals surface area contributed by atoms with Gasteiger partial charge in [-0.1, -0.05) is 30.3 Å². The first-order chi connectivity index (χ1) is 16.8. The molecule has 2 aromatic carbocycles. The zero-order chi connectivity index (χ0) is 24.6. The van der Waals surface area contributed by atoms with Crippen LogP contribution >= 0.6 is 11.8 Å². The van der Waals surface area contributed by atoms with Crippen molar-refractivity contribution in [2.24, 2.45) is 0 Å². The SMILES string of the molecule is O=C1S/C(=C\c2ccc3ccccc3n2)C(=O)N1CC(O)(Cn1nccn1)c1ccc(F)cc1F. The number of nitrogens with zero attached hydrogens (tertiary/aromatic N) is 5. The van der Waals surface area contributed by atoms with Crippen molar-refractivity contribution in [2.45, 2.75) is 12.1 Å². The van der Waals surface area contributed by atoms with E-state index in [1.807, 2.05) is 30.3 Å². The molecule has 0 aliphatic carbocycles. The van der Waals surface area contributed by atoms with E-state index in [4.69, 9.17) is 0 Å². The minimum atomic E-state index is -2.13. The predicted molar refractivity (Wildman–Crippen MR) is 125 cm³/mol. The third kappa shape index (κ3) is 4.55. The average molecular weight is 493 g/mol. The summed E-state index contributed by atoms with van der Waals surface area (Å²) in [6, 6.07) is 13.7. The molecule has 1 atom stereocenters. The number of carbonyl (C=O) groups excluding carboxylic acids is 2.